The van der Waals surface area contributed by atoms with Gasteiger partial charge in [-0.3, -0.25) is 9.59 Å². The molecular formula is C15H30N4O3S. The summed E-state index contributed by atoms with van der Waals surface area (Å²) >= 11 is 1.43. The molecule has 134 valence electrons. The quantitative estimate of drug-likeness (QED) is 0.431. The maximum absolute atomic E-state index is 12.7. The highest BCUT2D eigenvalue weighted by Crippen LogP contribution is 2.25. The lowest BCUT2D eigenvalue weighted by Crippen LogP contribution is -2.53. The van der Waals surface area contributed by atoms with Crippen molar-refractivity contribution in [2.45, 2.75) is 57.4 Å². The van der Waals surface area contributed by atoms with Gasteiger partial charge in [0.05, 0.1) is 16.8 Å². The minimum Gasteiger partial charge on any atom is -0.352 e. The molecule has 0 heterocycles. The third kappa shape index (κ3) is 7.69. The molecule has 0 saturated carbocycles. The maximum atomic E-state index is 12.7. The number of nitrogens with one attached hydrogen (secondary N) is 2. The van der Waals surface area contributed by atoms with Gasteiger partial charge in [0.15, 0.2) is 5.78 Å². The van der Waals surface area contributed by atoms with Crippen molar-refractivity contribution in [1.82, 2.24) is 10.6 Å². The van der Waals surface area contributed by atoms with Gasteiger partial charge in [0.25, 0.3) is 0 Å². The predicted octanol–water partition coefficient (Wildman–Crippen LogP) is 0.614. The van der Waals surface area contributed by atoms with Crippen molar-refractivity contribution in [3.05, 3.63) is 0 Å². The molecule has 23 heavy (non-hydrogen) atoms. The van der Waals surface area contributed by atoms with Crippen LogP contribution in [0, 0.1) is 5.92 Å². The Kier molecular flexibility index (Phi) is 9.23. The summed E-state index contributed by atoms with van der Waals surface area (Å²) in [6, 6.07) is -1.90. The Morgan fingerprint density at radius 3 is 2.22 bits per heavy atom. The number of carbonyl (C=O) groups excluding carboxylic acids is 3. The van der Waals surface area contributed by atoms with Gasteiger partial charge in [0.2, 0.25) is 5.91 Å². The van der Waals surface area contributed by atoms with E-state index in [1.54, 1.807) is 0 Å². The van der Waals surface area contributed by atoms with Gasteiger partial charge in [-0.25, -0.2) is 4.79 Å². The largest absolute Gasteiger partial charge is 0.352 e. The third-order valence-corrected chi connectivity index (χ3v) is 4.95. The van der Waals surface area contributed by atoms with Gasteiger partial charge in [-0.15, -0.1) is 0 Å². The van der Waals surface area contributed by atoms with Crippen molar-refractivity contribution in [2.24, 2.45) is 17.4 Å². The lowest BCUT2D eigenvalue weighted by atomic mass is 9.96. The van der Waals surface area contributed by atoms with Crippen molar-refractivity contribution >= 4 is 29.5 Å². The molecule has 2 atom stereocenters. The Morgan fingerprint density at radius 1 is 1.22 bits per heavy atom. The van der Waals surface area contributed by atoms with Gasteiger partial charge in [0, 0.05) is 6.54 Å². The molecule has 0 unspecified atom stereocenters. The topological polar surface area (TPSA) is 127 Å². The average molecular weight is 346 g/mol. The number of hydrogen-bond donors (Lipinski definition) is 4. The molecule has 8 heteroatoms. The highest BCUT2D eigenvalue weighted by Gasteiger charge is 2.34. The molecule has 0 aromatic carbocycles. The summed E-state index contributed by atoms with van der Waals surface area (Å²) in [7, 11) is 0. The summed E-state index contributed by atoms with van der Waals surface area (Å²) in [6.07, 6.45) is 2.80. The summed E-state index contributed by atoms with van der Waals surface area (Å²) < 4.78 is -0.614. The van der Waals surface area contributed by atoms with Crippen LogP contribution in [0.2, 0.25) is 0 Å². The molecule has 0 aliphatic carbocycles. The second-order valence-corrected chi connectivity index (χ2v) is 7.77. The van der Waals surface area contributed by atoms with Crippen LogP contribution in [0.4, 0.5) is 4.79 Å². The van der Waals surface area contributed by atoms with Crippen LogP contribution < -0.4 is 22.1 Å². The number of primary amides is 1. The number of Topliss-reactive ketones (excluding diaryl/α,β-unsaturated/α-hetero) is 1. The van der Waals surface area contributed by atoms with E-state index in [0.717, 1.165) is 0 Å². The van der Waals surface area contributed by atoms with Crippen molar-refractivity contribution in [2.75, 3.05) is 12.8 Å². The summed E-state index contributed by atoms with van der Waals surface area (Å²) in [5, 5.41) is 5.23. The zero-order valence-corrected chi connectivity index (χ0v) is 15.5. The van der Waals surface area contributed by atoms with Gasteiger partial charge < -0.3 is 22.1 Å². The number of urea groups is 1. The summed E-state index contributed by atoms with van der Waals surface area (Å²) in [6.45, 7) is 7.70. The van der Waals surface area contributed by atoms with E-state index in [9.17, 15) is 14.4 Å². The lowest BCUT2D eigenvalue weighted by molar-refractivity contribution is -0.130. The Hall–Kier alpha value is -1.28. The van der Waals surface area contributed by atoms with Gasteiger partial charge in [-0.05, 0) is 38.9 Å². The first-order valence-corrected chi connectivity index (χ1v) is 8.94. The van der Waals surface area contributed by atoms with Gasteiger partial charge in [0.1, 0.15) is 0 Å². The van der Waals surface area contributed by atoms with E-state index in [-0.39, 0.29) is 17.6 Å². The molecule has 7 nitrogen and oxygen atoms in total. The zero-order chi connectivity index (χ0) is 18.2. The van der Waals surface area contributed by atoms with Crippen LogP contribution in [0.25, 0.3) is 0 Å². The van der Waals surface area contributed by atoms with E-state index < -0.39 is 22.9 Å². The Bertz CT molecular complexity index is 427. The molecule has 0 aromatic heterocycles. The first-order valence-electron chi connectivity index (χ1n) is 7.71. The minimum atomic E-state index is -0.661. The number of amides is 3. The molecule has 0 bridgehead atoms. The second kappa shape index (κ2) is 9.77. The SMILES string of the molecule is CSC(C)(C)C(=O)[C@H](CCCNC(N)=O)NC(=O)[C@@H](N)C(C)C. The van der Waals surface area contributed by atoms with Crippen molar-refractivity contribution < 1.29 is 14.4 Å². The van der Waals surface area contributed by atoms with Crippen LogP contribution in [-0.2, 0) is 9.59 Å². The van der Waals surface area contributed by atoms with Crippen molar-refractivity contribution in [1.29, 1.82) is 0 Å². The van der Waals surface area contributed by atoms with E-state index >= 15 is 0 Å². The van der Waals surface area contributed by atoms with Crippen LogP contribution in [0.15, 0.2) is 0 Å². The fraction of sp³-hybridized carbons (Fsp3) is 0.800. The lowest BCUT2D eigenvalue weighted by Gasteiger charge is -2.28. The van der Waals surface area contributed by atoms with Gasteiger partial charge >= 0.3 is 6.03 Å². The van der Waals surface area contributed by atoms with E-state index in [4.69, 9.17) is 11.5 Å². The molecule has 0 rings (SSSR count). The molecule has 0 aliphatic rings. The number of nitrogens with two attached hydrogens (primary N) is 2. The van der Waals surface area contributed by atoms with Crippen LogP contribution in [0.5, 0.6) is 0 Å². The van der Waals surface area contributed by atoms with Crippen molar-refractivity contribution in [3.8, 4) is 0 Å². The Morgan fingerprint density at radius 2 is 1.78 bits per heavy atom. The first-order chi connectivity index (χ1) is 10.5. The van der Waals surface area contributed by atoms with Gasteiger partial charge in [-0.1, -0.05) is 13.8 Å². The summed E-state index contributed by atoms with van der Waals surface area (Å²) in [5.41, 5.74) is 10.8. The van der Waals surface area contributed by atoms with E-state index in [2.05, 4.69) is 10.6 Å². The molecule has 0 saturated heterocycles. The molecule has 0 aromatic rings. The highest BCUT2D eigenvalue weighted by molar-refractivity contribution is 8.00. The van der Waals surface area contributed by atoms with Gasteiger partial charge in [-0.2, -0.15) is 11.8 Å². The zero-order valence-electron chi connectivity index (χ0n) is 14.6. The second-order valence-electron chi connectivity index (χ2n) is 6.34. The normalized spacial score (nSPS) is 14.2. The average Bonchev–Trinajstić information content (AvgIpc) is 2.47. The number of rotatable bonds is 10. The van der Waals surface area contributed by atoms with E-state index in [1.807, 2.05) is 34.0 Å². The molecule has 3 amide bonds. The molecule has 0 aliphatic heterocycles. The first kappa shape index (κ1) is 21.7. The van der Waals surface area contributed by atoms with E-state index in [1.165, 1.54) is 11.8 Å². The molecule has 6 N–H and O–H groups in total. The standard InChI is InChI=1S/C15H30N4O3S/c1-9(2)11(16)13(21)19-10(7-6-8-18-14(17)22)12(20)15(3,4)23-5/h9-11H,6-8,16H2,1-5H3,(H,19,21)(H3,17,18,22)/t10-,11-/m0/s1. The Balaban J connectivity index is 4.89. The molecule has 0 radical (unpaired) electrons. The van der Waals surface area contributed by atoms with Crippen LogP contribution in [0.1, 0.15) is 40.5 Å². The van der Waals surface area contributed by atoms with E-state index in [0.29, 0.717) is 19.4 Å². The minimum absolute atomic E-state index is 0.0177. The number of thioether (sulfide) groups is 1. The molecule has 0 spiro atoms. The fourth-order valence-electron chi connectivity index (χ4n) is 1.88. The predicted molar refractivity (Wildman–Crippen MR) is 94.2 cm³/mol. The molecular weight excluding hydrogens is 316 g/mol. The van der Waals surface area contributed by atoms with Crippen LogP contribution in [0.3, 0.4) is 0 Å². The maximum Gasteiger partial charge on any atom is 0.312 e. The summed E-state index contributed by atoms with van der Waals surface area (Å²) in [4.78, 5) is 35.5. The molecule has 0 fully saturated rings. The third-order valence-electron chi connectivity index (χ3n) is 3.73. The van der Waals surface area contributed by atoms with Crippen LogP contribution in [-0.4, -0.2) is 47.4 Å². The summed E-state index contributed by atoms with van der Waals surface area (Å²) in [5.74, 6) is -0.415. The smallest absolute Gasteiger partial charge is 0.312 e. The highest BCUT2D eigenvalue weighted by atomic mass is 32.2. The number of ketones is 1. The number of hydrogen-bond acceptors (Lipinski definition) is 5. The fourth-order valence-corrected chi connectivity index (χ4v) is 2.22. The van der Waals surface area contributed by atoms with Crippen LogP contribution >= 0.6 is 11.8 Å². The number of carbonyl (C=O) groups is 3. The van der Waals surface area contributed by atoms with Crippen molar-refractivity contribution in [3.63, 3.8) is 0 Å². The Labute approximate surface area is 142 Å². The monoisotopic (exact) mass is 346 g/mol.